The lowest BCUT2D eigenvalue weighted by Gasteiger charge is -2.20. The van der Waals surface area contributed by atoms with Gasteiger partial charge in [-0.2, -0.15) is 0 Å². The first kappa shape index (κ1) is 23.4. The van der Waals surface area contributed by atoms with Crippen molar-refractivity contribution < 1.29 is 14.9 Å². The molecule has 0 spiro atoms. The Bertz CT molecular complexity index is 966. The van der Waals surface area contributed by atoms with Crippen LogP contribution in [0.1, 0.15) is 23.6 Å². The van der Waals surface area contributed by atoms with Gasteiger partial charge in [-0.15, -0.1) is 0 Å². The van der Waals surface area contributed by atoms with Gasteiger partial charge in [-0.05, 0) is 37.3 Å². The molecule has 2 aromatic carbocycles. The van der Waals surface area contributed by atoms with E-state index in [1.807, 2.05) is 19.2 Å². The first-order valence-corrected chi connectivity index (χ1v) is 10.7. The fourth-order valence-corrected chi connectivity index (χ4v) is 3.59. The van der Waals surface area contributed by atoms with E-state index in [4.69, 9.17) is 28.5 Å². The van der Waals surface area contributed by atoms with Gasteiger partial charge >= 0.3 is 5.90 Å². The fraction of sp³-hybridized carbons (Fsp3) is 0.250. The minimum absolute atomic E-state index is 0.0103. The van der Waals surface area contributed by atoms with Crippen molar-refractivity contribution in [2.75, 3.05) is 29.0 Å². The summed E-state index contributed by atoms with van der Waals surface area (Å²) in [4.78, 5) is 14.3. The van der Waals surface area contributed by atoms with Crippen molar-refractivity contribution >= 4 is 52.6 Å². The molecular formula is C20H26ClN6O2S+. The number of hydrogen-bond donors (Lipinski definition) is 6. The van der Waals surface area contributed by atoms with Crippen LogP contribution in [0.25, 0.3) is 0 Å². The molecule has 0 bridgehead atoms. The summed E-state index contributed by atoms with van der Waals surface area (Å²) < 4.78 is 1.69. The SMILES string of the molecule is CCNc1cc(C(=N)N)ccc1C[NH+]=C(O)c1cc(Cl)cc(N(CC(N)=O)SC)c1. The number of amidine groups is 1. The molecule has 0 saturated carbocycles. The van der Waals surface area contributed by atoms with Crippen LogP contribution in [0.3, 0.4) is 0 Å². The summed E-state index contributed by atoms with van der Waals surface area (Å²) >= 11 is 7.54. The minimum Gasteiger partial charge on any atom is -0.460 e. The molecule has 0 aromatic heterocycles. The molecule has 2 aromatic rings. The van der Waals surface area contributed by atoms with E-state index in [1.54, 1.807) is 34.6 Å². The van der Waals surface area contributed by atoms with Gasteiger partial charge in [0.15, 0.2) is 6.54 Å². The normalized spacial score (nSPS) is 11.2. The number of hydrogen-bond acceptors (Lipinski definition) is 5. The molecule has 160 valence electrons. The van der Waals surface area contributed by atoms with Gasteiger partial charge in [0.25, 0.3) is 0 Å². The number of benzene rings is 2. The molecule has 8 nitrogen and oxygen atoms in total. The highest BCUT2D eigenvalue weighted by molar-refractivity contribution is 8.00. The lowest BCUT2D eigenvalue weighted by Crippen LogP contribution is -2.71. The second kappa shape index (κ2) is 10.7. The molecule has 10 heteroatoms. The zero-order valence-corrected chi connectivity index (χ0v) is 18.4. The number of nitrogens with one attached hydrogen (secondary N) is 3. The van der Waals surface area contributed by atoms with Crippen LogP contribution in [-0.4, -0.2) is 42.1 Å². The van der Waals surface area contributed by atoms with Crippen molar-refractivity contribution in [3.63, 3.8) is 0 Å². The third kappa shape index (κ3) is 6.30. The molecule has 0 heterocycles. The van der Waals surface area contributed by atoms with Crippen LogP contribution >= 0.6 is 23.5 Å². The highest BCUT2D eigenvalue weighted by atomic mass is 35.5. The number of nitrogens with zero attached hydrogens (tertiary/aromatic N) is 1. The molecule has 0 aliphatic heterocycles. The van der Waals surface area contributed by atoms with E-state index in [0.717, 1.165) is 11.3 Å². The number of nitrogen functional groups attached to an aromatic ring is 1. The monoisotopic (exact) mass is 449 g/mol. The third-order valence-corrected chi connectivity index (χ3v) is 5.20. The Balaban J connectivity index is 2.31. The summed E-state index contributed by atoms with van der Waals surface area (Å²) in [5.74, 6) is -0.539. The zero-order valence-electron chi connectivity index (χ0n) is 16.8. The molecule has 1 amide bonds. The highest BCUT2D eigenvalue weighted by Crippen LogP contribution is 2.26. The maximum Gasteiger partial charge on any atom is 0.366 e. The molecule has 8 N–H and O–H groups in total. The largest absolute Gasteiger partial charge is 0.460 e. The Labute approximate surface area is 184 Å². The third-order valence-electron chi connectivity index (χ3n) is 4.20. The van der Waals surface area contributed by atoms with Crippen molar-refractivity contribution in [2.24, 2.45) is 11.5 Å². The van der Waals surface area contributed by atoms with E-state index in [9.17, 15) is 9.90 Å². The average Bonchev–Trinajstić information content (AvgIpc) is 2.70. The summed E-state index contributed by atoms with van der Waals surface area (Å²) in [5, 5.41) is 21.8. The van der Waals surface area contributed by atoms with Crippen molar-refractivity contribution in [1.82, 2.24) is 0 Å². The first-order chi connectivity index (χ1) is 14.2. The summed E-state index contributed by atoms with van der Waals surface area (Å²) in [6.45, 7) is 3.02. The lowest BCUT2D eigenvalue weighted by molar-refractivity contribution is -0.483. The van der Waals surface area contributed by atoms with Crippen LogP contribution in [0.4, 0.5) is 11.4 Å². The molecule has 0 atom stereocenters. The lowest BCUT2D eigenvalue weighted by atomic mass is 10.1. The quantitative estimate of drug-likeness (QED) is 0.183. The van der Waals surface area contributed by atoms with E-state index in [1.165, 1.54) is 11.9 Å². The summed E-state index contributed by atoms with van der Waals surface area (Å²) in [6, 6.07) is 10.5. The smallest absolute Gasteiger partial charge is 0.366 e. The molecule has 0 radical (unpaired) electrons. The number of carbonyl (C=O) groups excluding carboxylic acids is 1. The summed E-state index contributed by atoms with van der Waals surface area (Å²) in [7, 11) is 0. The minimum atomic E-state index is -0.470. The Hall–Kier alpha value is -2.91. The predicted octanol–water partition coefficient (Wildman–Crippen LogP) is 1.21. The van der Waals surface area contributed by atoms with Gasteiger partial charge in [-0.1, -0.05) is 29.6 Å². The molecule has 2 rings (SSSR count). The van der Waals surface area contributed by atoms with Crippen LogP contribution in [0.5, 0.6) is 0 Å². The topological polar surface area (TPSA) is 142 Å². The van der Waals surface area contributed by atoms with Gasteiger partial charge in [-0.3, -0.25) is 10.2 Å². The number of rotatable bonds is 10. The van der Waals surface area contributed by atoms with Crippen molar-refractivity contribution in [2.45, 2.75) is 13.5 Å². The van der Waals surface area contributed by atoms with Crippen molar-refractivity contribution in [1.29, 1.82) is 5.41 Å². The van der Waals surface area contributed by atoms with Crippen molar-refractivity contribution in [3.05, 3.63) is 58.1 Å². The van der Waals surface area contributed by atoms with Gasteiger partial charge in [0.05, 0.1) is 5.56 Å². The molecule has 30 heavy (non-hydrogen) atoms. The zero-order chi connectivity index (χ0) is 22.3. The molecule has 0 saturated heterocycles. The van der Waals surface area contributed by atoms with Crippen LogP contribution in [-0.2, 0) is 11.3 Å². The summed E-state index contributed by atoms with van der Waals surface area (Å²) in [6.07, 6.45) is 1.82. The number of halogens is 1. The number of primary amides is 1. The van der Waals surface area contributed by atoms with E-state index >= 15 is 0 Å². The number of carbonyl (C=O) groups is 1. The number of nitrogens with two attached hydrogens (primary N) is 2. The molecule has 0 unspecified atom stereocenters. The number of aliphatic hydroxyl groups is 1. The van der Waals surface area contributed by atoms with Gasteiger partial charge in [-0.25, -0.2) is 4.99 Å². The summed E-state index contributed by atoms with van der Waals surface area (Å²) in [5.41, 5.74) is 14.3. The number of amides is 1. The molecule has 0 aliphatic carbocycles. The molecule has 0 aliphatic rings. The van der Waals surface area contributed by atoms with E-state index in [-0.39, 0.29) is 18.3 Å². The predicted molar refractivity (Wildman–Crippen MR) is 125 cm³/mol. The Kier molecular flexibility index (Phi) is 8.37. The van der Waals surface area contributed by atoms with Crippen LogP contribution < -0.4 is 26.1 Å². The van der Waals surface area contributed by atoms with E-state index in [2.05, 4.69) is 10.3 Å². The maximum absolute atomic E-state index is 11.3. The average molecular weight is 450 g/mol. The second-order valence-electron chi connectivity index (χ2n) is 6.40. The van der Waals surface area contributed by atoms with Crippen LogP contribution in [0, 0.1) is 5.41 Å². The molecular weight excluding hydrogens is 424 g/mol. The highest BCUT2D eigenvalue weighted by Gasteiger charge is 2.16. The van der Waals surface area contributed by atoms with Crippen LogP contribution in [0.2, 0.25) is 5.02 Å². The number of aliphatic hydroxyl groups excluding tert-OH is 1. The van der Waals surface area contributed by atoms with Crippen molar-refractivity contribution in [3.8, 4) is 0 Å². The first-order valence-electron chi connectivity index (χ1n) is 9.17. The van der Waals surface area contributed by atoms with E-state index in [0.29, 0.717) is 34.9 Å². The van der Waals surface area contributed by atoms with Gasteiger partial charge in [0.1, 0.15) is 12.4 Å². The Morgan fingerprint density at radius 3 is 2.60 bits per heavy atom. The van der Waals surface area contributed by atoms with Gasteiger partial charge in [0, 0.05) is 40.3 Å². The van der Waals surface area contributed by atoms with Crippen LogP contribution in [0.15, 0.2) is 36.4 Å². The molecule has 0 fully saturated rings. The fourth-order valence-electron chi connectivity index (χ4n) is 2.79. The Morgan fingerprint density at radius 1 is 1.27 bits per heavy atom. The number of anilines is 2. The van der Waals surface area contributed by atoms with Gasteiger partial charge in [0.2, 0.25) is 5.91 Å². The second-order valence-corrected chi connectivity index (χ2v) is 7.64. The van der Waals surface area contributed by atoms with Gasteiger partial charge < -0.3 is 26.2 Å². The maximum atomic E-state index is 11.3. The Morgan fingerprint density at radius 2 is 2.00 bits per heavy atom. The standard InChI is InChI=1S/C20H25ClN6O2S/c1-3-25-17-8-12(19(23)24)4-5-13(17)10-26-20(29)14-6-15(21)9-16(7-14)27(30-2)11-18(22)28/h4-9,25H,3,10-11H2,1-2H3,(H2,22,28)(H3,23,24)(H,26,29)/p+1. The van der Waals surface area contributed by atoms with E-state index < -0.39 is 5.91 Å².